The first-order valence-corrected chi connectivity index (χ1v) is 4.34. The summed E-state index contributed by atoms with van der Waals surface area (Å²) >= 11 is 0. The van der Waals surface area contributed by atoms with Gasteiger partial charge in [0.1, 0.15) is 0 Å². The Morgan fingerprint density at radius 3 is 1.73 bits per heavy atom. The van der Waals surface area contributed by atoms with E-state index in [-0.39, 0.29) is 0 Å². The molecule has 0 aliphatic heterocycles. The van der Waals surface area contributed by atoms with Gasteiger partial charge >= 0.3 is 12.1 Å². The summed E-state index contributed by atoms with van der Waals surface area (Å²) in [5, 5.41) is 1.68. The zero-order chi connectivity index (χ0) is 12.4. The topological polar surface area (TPSA) is 46.2 Å². The lowest BCUT2D eigenvalue weighted by atomic mass is 9.84. The summed E-state index contributed by atoms with van der Waals surface area (Å²) < 4.78 is 35.8. The van der Waals surface area contributed by atoms with Gasteiger partial charge < -0.3 is 5.32 Å². The Kier molecular flexibility index (Phi) is 3.90. The van der Waals surface area contributed by atoms with Gasteiger partial charge in [-0.2, -0.15) is 13.2 Å². The SMILES string of the molecule is CC(=O)[C@@H](NC(=O)C(F)(F)F)C(C)(C)C. The fraction of sp³-hybridized carbons (Fsp3) is 0.778. The molecule has 0 rings (SSSR count). The summed E-state index contributed by atoms with van der Waals surface area (Å²) in [5.41, 5.74) is -0.743. The van der Waals surface area contributed by atoms with Crippen LogP contribution in [0.4, 0.5) is 13.2 Å². The fourth-order valence-corrected chi connectivity index (χ4v) is 1.14. The molecule has 88 valence electrons. The molecule has 6 heteroatoms. The summed E-state index contributed by atoms with van der Waals surface area (Å²) in [6.07, 6.45) is -4.96. The third kappa shape index (κ3) is 4.31. The van der Waals surface area contributed by atoms with Crippen molar-refractivity contribution in [2.45, 2.75) is 39.9 Å². The van der Waals surface area contributed by atoms with Crippen molar-refractivity contribution >= 4 is 11.7 Å². The van der Waals surface area contributed by atoms with E-state index in [9.17, 15) is 22.8 Å². The minimum absolute atomic E-state index is 0.500. The van der Waals surface area contributed by atoms with E-state index in [0.717, 1.165) is 6.92 Å². The van der Waals surface area contributed by atoms with E-state index < -0.39 is 29.3 Å². The van der Waals surface area contributed by atoms with Crippen LogP contribution in [-0.2, 0) is 9.59 Å². The molecule has 0 aromatic heterocycles. The highest BCUT2D eigenvalue weighted by atomic mass is 19.4. The van der Waals surface area contributed by atoms with Crippen molar-refractivity contribution in [1.82, 2.24) is 5.32 Å². The summed E-state index contributed by atoms with van der Waals surface area (Å²) in [6, 6.07) is -1.13. The number of alkyl halides is 3. The molecule has 0 aliphatic rings. The molecule has 1 N–H and O–H groups in total. The van der Waals surface area contributed by atoms with E-state index in [0.29, 0.717) is 0 Å². The summed E-state index contributed by atoms with van der Waals surface area (Å²) in [6.45, 7) is 5.88. The predicted octanol–water partition coefficient (Wildman–Crippen LogP) is 1.67. The Hall–Kier alpha value is -1.07. The van der Waals surface area contributed by atoms with Crippen molar-refractivity contribution in [1.29, 1.82) is 0 Å². The summed E-state index contributed by atoms with van der Waals surface area (Å²) in [5.74, 6) is -2.59. The highest BCUT2D eigenvalue weighted by molar-refractivity contribution is 5.90. The molecule has 0 heterocycles. The highest BCUT2D eigenvalue weighted by Gasteiger charge is 2.42. The van der Waals surface area contributed by atoms with Gasteiger partial charge in [-0.15, -0.1) is 0 Å². The number of ketones is 1. The van der Waals surface area contributed by atoms with Crippen LogP contribution in [0.25, 0.3) is 0 Å². The Morgan fingerprint density at radius 1 is 1.13 bits per heavy atom. The van der Waals surface area contributed by atoms with E-state index in [1.165, 1.54) is 0 Å². The maximum absolute atomic E-state index is 11.9. The average Bonchev–Trinajstić information content (AvgIpc) is 1.94. The second-order valence-corrected chi connectivity index (χ2v) is 4.38. The van der Waals surface area contributed by atoms with Gasteiger partial charge in [0.25, 0.3) is 0 Å². The Balaban J connectivity index is 4.74. The van der Waals surface area contributed by atoms with Crippen LogP contribution in [-0.4, -0.2) is 23.9 Å². The molecule has 0 aromatic rings. The standard InChI is InChI=1S/C9H14F3NO2/c1-5(14)6(8(2,3)4)13-7(15)9(10,11)12/h6H,1-4H3,(H,13,15)/t6-/m1/s1. The number of hydrogen-bond acceptors (Lipinski definition) is 2. The first-order chi connectivity index (χ1) is 6.46. The second-order valence-electron chi connectivity index (χ2n) is 4.38. The van der Waals surface area contributed by atoms with E-state index in [4.69, 9.17) is 0 Å². The van der Waals surface area contributed by atoms with Gasteiger partial charge in [-0.05, 0) is 12.3 Å². The number of amides is 1. The number of Topliss-reactive ketones (excluding diaryl/α,β-unsaturated/α-hetero) is 1. The molecule has 0 saturated heterocycles. The molecule has 0 fully saturated rings. The monoisotopic (exact) mass is 225 g/mol. The minimum atomic E-state index is -4.96. The summed E-state index contributed by atoms with van der Waals surface area (Å²) in [7, 11) is 0. The molecule has 3 nitrogen and oxygen atoms in total. The van der Waals surface area contributed by atoms with Crippen LogP contribution in [0.2, 0.25) is 0 Å². The third-order valence-corrected chi connectivity index (χ3v) is 1.81. The number of halogens is 3. The van der Waals surface area contributed by atoms with Crippen molar-refractivity contribution in [3.8, 4) is 0 Å². The predicted molar refractivity (Wildman–Crippen MR) is 48.1 cm³/mol. The van der Waals surface area contributed by atoms with Gasteiger partial charge in [-0.25, -0.2) is 0 Å². The summed E-state index contributed by atoms with van der Waals surface area (Å²) in [4.78, 5) is 21.7. The molecule has 0 saturated carbocycles. The molecule has 0 aromatic carbocycles. The molecule has 0 radical (unpaired) electrons. The van der Waals surface area contributed by atoms with E-state index in [1.54, 1.807) is 26.1 Å². The number of carbonyl (C=O) groups excluding carboxylic acids is 2. The smallest absolute Gasteiger partial charge is 0.338 e. The van der Waals surface area contributed by atoms with E-state index in [1.807, 2.05) is 0 Å². The van der Waals surface area contributed by atoms with Gasteiger partial charge in [-0.1, -0.05) is 20.8 Å². The van der Waals surface area contributed by atoms with Crippen molar-refractivity contribution in [3.63, 3.8) is 0 Å². The first kappa shape index (κ1) is 13.9. The molecule has 0 spiro atoms. The Bertz CT molecular complexity index is 266. The van der Waals surface area contributed by atoms with E-state index in [2.05, 4.69) is 0 Å². The van der Waals surface area contributed by atoms with Crippen molar-refractivity contribution in [3.05, 3.63) is 0 Å². The van der Waals surface area contributed by atoms with E-state index >= 15 is 0 Å². The highest BCUT2D eigenvalue weighted by Crippen LogP contribution is 2.22. The number of carbonyl (C=O) groups is 2. The van der Waals surface area contributed by atoms with Crippen LogP contribution in [0.3, 0.4) is 0 Å². The zero-order valence-electron chi connectivity index (χ0n) is 9.03. The zero-order valence-corrected chi connectivity index (χ0v) is 9.03. The molecule has 1 atom stereocenters. The normalized spacial score (nSPS) is 14.6. The third-order valence-electron chi connectivity index (χ3n) is 1.81. The van der Waals surface area contributed by atoms with Crippen LogP contribution in [0.1, 0.15) is 27.7 Å². The maximum atomic E-state index is 11.9. The van der Waals surface area contributed by atoms with Gasteiger partial charge in [0.2, 0.25) is 0 Å². The lowest BCUT2D eigenvalue weighted by Gasteiger charge is -2.29. The van der Waals surface area contributed by atoms with Gasteiger partial charge in [-0.3, -0.25) is 9.59 Å². The molecule has 0 unspecified atom stereocenters. The first-order valence-electron chi connectivity index (χ1n) is 4.34. The van der Waals surface area contributed by atoms with Crippen molar-refractivity contribution in [2.75, 3.05) is 0 Å². The van der Waals surface area contributed by atoms with Crippen LogP contribution >= 0.6 is 0 Å². The number of nitrogens with one attached hydrogen (secondary N) is 1. The minimum Gasteiger partial charge on any atom is -0.338 e. The molecule has 0 bridgehead atoms. The maximum Gasteiger partial charge on any atom is 0.471 e. The van der Waals surface area contributed by atoms with Gasteiger partial charge in [0.05, 0.1) is 6.04 Å². The molecule has 15 heavy (non-hydrogen) atoms. The fourth-order valence-electron chi connectivity index (χ4n) is 1.14. The Morgan fingerprint density at radius 2 is 1.53 bits per heavy atom. The molecule has 0 aliphatic carbocycles. The van der Waals surface area contributed by atoms with Crippen LogP contribution < -0.4 is 5.32 Å². The van der Waals surface area contributed by atoms with Crippen LogP contribution in [0.15, 0.2) is 0 Å². The van der Waals surface area contributed by atoms with Crippen LogP contribution in [0.5, 0.6) is 0 Å². The van der Waals surface area contributed by atoms with Crippen LogP contribution in [0, 0.1) is 5.41 Å². The molecular weight excluding hydrogens is 211 g/mol. The van der Waals surface area contributed by atoms with Gasteiger partial charge in [0, 0.05) is 0 Å². The largest absolute Gasteiger partial charge is 0.471 e. The molecule has 1 amide bonds. The lowest BCUT2D eigenvalue weighted by molar-refractivity contribution is -0.175. The van der Waals surface area contributed by atoms with Crippen molar-refractivity contribution in [2.24, 2.45) is 5.41 Å². The van der Waals surface area contributed by atoms with Gasteiger partial charge in [0.15, 0.2) is 5.78 Å². The number of hydrogen-bond donors (Lipinski definition) is 1. The number of rotatable bonds is 2. The average molecular weight is 225 g/mol. The quantitative estimate of drug-likeness (QED) is 0.777. The lowest BCUT2D eigenvalue weighted by Crippen LogP contribution is -2.52. The second kappa shape index (κ2) is 4.20. The Labute approximate surface area is 86.0 Å². The van der Waals surface area contributed by atoms with Crippen molar-refractivity contribution < 1.29 is 22.8 Å². The molecular formula is C9H14F3NO2.